The van der Waals surface area contributed by atoms with Crippen LogP contribution >= 0.6 is 0 Å². The Morgan fingerprint density at radius 1 is 1.30 bits per heavy atom. The number of rotatable bonds is 8. The Hall–Kier alpha value is -1.39. The maximum absolute atomic E-state index is 11.7. The van der Waals surface area contributed by atoms with Crippen LogP contribution in [0.4, 0.5) is 5.69 Å². The monoisotopic (exact) mass is 277 g/mol. The fourth-order valence-electron chi connectivity index (χ4n) is 1.83. The molecule has 2 N–H and O–H groups in total. The van der Waals surface area contributed by atoms with E-state index in [1.807, 2.05) is 31.2 Å². The molecule has 1 aromatic rings. The van der Waals surface area contributed by atoms with Gasteiger partial charge in [-0.15, -0.1) is 0 Å². The molecular formula is C16H27N3O. The average molecular weight is 277 g/mol. The summed E-state index contributed by atoms with van der Waals surface area (Å²) in [6.45, 7) is 8.55. The number of nitrogens with zero attached hydrogens (tertiary/aromatic N) is 1. The van der Waals surface area contributed by atoms with Gasteiger partial charge in [-0.2, -0.15) is 0 Å². The van der Waals surface area contributed by atoms with Crippen molar-refractivity contribution >= 4 is 11.6 Å². The van der Waals surface area contributed by atoms with Crippen LogP contribution in [0.3, 0.4) is 0 Å². The molecule has 4 heteroatoms. The number of carbonyl (C=O) groups is 1. The highest BCUT2D eigenvalue weighted by atomic mass is 16.1. The third kappa shape index (κ3) is 6.17. The predicted molar refractivity (Wildman–Crippen MR) is 85.1 cm³/mol. The Balaban J connectivity index is 2.19. The first kappa shape index (κ1) is 16.7. The molecule has 0 saturated heterocycles. The summed E-state index contributed by atoms with van der Waals surface area (Å²) in [5.41, 5.74) is 2.04. The zero-order valence-corrected chi connectivity index (χ0v) is 13.1. The van der Waals surface area contributed by atoms with E-state index in [2.05, 4.69) is 36.4 Å². The molecule has 1 unspecified atom stereocenters. The molecule has 20 heavy (non-hydrogen) atoms. The number of benzene rings is 1. The number of amides is 1. The van der Waals surface area contributed by atoms with Crippen LogP contribution in [-0.4, -0.2) is 43.5 Å². The lowest BCUT2D eigenvalue weighted by Gasteiger charge is -2.23. The molecule has 0 aliphatic carbocycles. The smallest absolute Gasteiger partial charge is 0.238 e. The van der Waals surface area contributed by atoms with Gasteiger partial charge in [0.1, 0.15) is 0 Å². The van der Waals surface area contributed by atoms with Crippen LogP contribution in [0.1, 0.15) is 25.8 Å². The van der Waals surface area contributed by atoms with Gasteiger partial charge >= 0.3 is 0 Å². The minimum Gasteiger partial charge on any atom is -0.325 e. The summed E-state index contributed by atoms with van der Waals surface area (Å²) >= 11 is 0. The second-order valence-corrected chi connectivity index (χ2v) is 5.33. The van der Waals surface area contributed by atoms with Crippen molar-refractivity contribution in [3.05, 3.63) is 29.8 Å². The van der Waals surface area contributed by atoms with Crippen molar-refractivity contribution in [3.8, 4) is 0 Å². The van der Waals surface area contributed by atoms with Gasteiger partial charge in [-0.05, 0) is 39.4 Å². The van der Waals surface area contributed by atoms with Crippen LogP contribution < -0.4 is 10.6 Å². The van der Waals surface area contributed by atoms with E-state index in [0.29, 0.717) is 12.6 Å². The molecule has 0 aromatic heterocycles. The Labute approximate surface area is 122 Å². The molecule has 1 amide bonds. The van der Waals surface area contributed by atoms with Crippen molar-refractivity contribution < 1.29 is 4.79 Å². The summed E-state index contributed by atoms with van der Waals surface area (Å²) in [6, 6.07) is 8.40. The number of nitrogens with one attached hydrogen (secondary N) is 2. The van der Waals surface area contributed by atoms with E-state index in [0.717, 1.165) is 25.2 Å². The first-order valence-corrected chi connectivity index (χ1v) is 7.30. The Bertz CT molecular complexity index is 403. The molecule has 4 nitrogen and oxygen atoms in total. The standard InChI is InChI=1S/C16H27N3O/c1-5-14(3)19(4)11-10-17-12-16(20)18-15-8-6-13(2)7-9-15/h6-9,14,17H,5,10-12H2,1-4H3,(H,18,20). The summed E-state index contributed by atoms with van der Waals surface area (Å²) < 4.78 is 0. The van der Waals surface area contributed by atoms with E-state index in [4.69, 9.17) is 0 Å². The summed E-state index contributed by atoms with van der Waals surface area (Å²) in [4.78, 5) is 14.0. The van der Waals surface area contributed by atoms with E-state index >= 15 is 0 Å². The van der Waals surface area contributed by atoms with Crippen LogP contribution in [0.25, 0.3) is 0 Å². The van der Waals surface area contributed by atoms with Gasteiger partial charge in [-0.25, -0.2) is 0 Å². The Kier molecular flexibility index (Phi) is 7.26. The molecule has 1 aromatic carbocycles. The SMILES string of the molecule is CCC(C)N(C)CCNCC(=O)Nc1ccc(C)cc1. The van der Waals surface area contributed by atoms with E-state index in [1.165, 1.54) is 5.56 Å². The number of aryl methyl sites for hydroxylation is 1. The third-order valence-electron chi connectivity index (χ3n) is 3.61. The fourth-order valence-corrected chi connectivity index (χ4v) is 1.83. The van der Waals surface area contributed by atoms with Crippen molar-refractivity contribution in [1.29, 1.82) is 0 Å². The number of likely N-dealkylation sites (N-methyl/N-ethyl adjacent to an activating group) is 1. The van der Waals surface area contributed by atoms with E-state index in [9.17, 15) is 4.79 Å². The maximum Gasteiger partial charge on any atom is 0.238 e. The number of carbonyl (C=O) groups excluding carboxylic acids is 1. The van der Waals surface area contributed by atoms with Crippen LogP contribution in [0, 0.1) is 6.92 Å². The van der Waals surface area contributed by atoms with Gasteiger partial charge < -0.3 is 15.5 Å². The summed E-state index contributed by atoms with van der Waals surface area (Å²) in [5.74, 6) is 0.0000427. The van der Waals surface area contributed by atoms with Crippen molar-refractivity contribution in [1.82, 2.24) is 10.2 Å². The molecular weight excluding hydrogens is 250 g/mol. The first-order valence-electron chi connectivity index (χ1n) is 7.30. The van der Waals surface area contributed by atoms with Crippen molar-refractivity contribution in [3.63, 3.8) is 0 Å². The zero-order valence-electron chi connectivity index (χ0n) is 13.1. The van der Waals surface area contributed by atoms with Crippen molar-refractivity contribution in [2.75, 3.05) is 32.0 Å². The van der Waals surface area contributed by atoms with Crippen LogP contribution in [0.2, 0.25) is 0 Å². The molecule has 0 heterocycles. The van der Waals surface area contributed by atoms with Crippen molar-refractivity contribution in [2.45, 2.75) is 33.2 Å². The van der Waals surface area contributed by atoms with Crippen molar-refractivity contribution in [2.24, 2.45) is 0 Å². The van der Waals surface area contributed by atoms with Crippen LogP contribution in [0.5, 0.6) is 0 Å². The second kappa shape index (κ2) is 8.72. The van der Waals surface area contributed by atoms with Gasteiger partial charge in [-0.3, -0.25) is 4.79 Å². The number of hydrogen-bond acceptors (Lipinski definition) is 3. The third-order valence-corrected chi connectivity index (χ3v) is 3.61. The normalized spacial score (nSPS) is 12.4. The van der Waals surface area contributed by atoms with E-state index in [-0.39, 0.29) is 5.91 Å². The van der Waals surface area contributed by atoms with Crippen LogP contribution in [-0.2, 0) is 4.79 Å². The number of anilines is 1. The quantitative estimate of drug-likeness (QED) is 0.716. The lowest BCUT2D eigenvalue weighted by Crippen LogP contribution is -2.37. The molecule has 0 aliphatic rings. The Morgan fingerprint density at radius 3 is 2.55 bits per heavy atom. The second-order valence-electron chi connectivity index (χ2n) is 5.33. The lowest BCUT2D eigenvalue weighted by atomic mass is 10.2. The number of hydrogen-bond donors (Lipinski definition) is 2. The highest BCUT2D eigenvalue weighted by molar-refractivity contribution is 5.92. The minimum atomic E-state index is 0.0000427. The Morgan fingerprint density at radius 2 is 1.95 bits per heavy atom. The molecule has 0 fully saturated rings. The topological polar surface area (TPSA) is 44.4 Å². The first-order chi connectivity index (χ1) is 9.52. The highest BCUT2D eigenvalue weighted by Crippen LogP contribution is 2.07. The van der Waals surface area contributed by atoms with Gasteiger partial charge in [0.05, 0.1) is 6.54 Å². The molecule has 112 valence electrons. The lowest BCUT2D eigenvalue weighted by molar-refractivity contribution is -0.115. The zero-order chi connectivity index (χ0) is 15.0. The molecule has 0 spiro atoms. The predicted octanol–water partition coefficient (Wildman–Crippen LogP) is 2.25. The fraction of sp³-hybridized carbons (Fsp3) is 0.562. The minimum absolute atomic E-state index is 0.0000427. The summed E-state index contributed by atoms with van der Waals surface area (Å²) in [5, 5.41) is 6.05. The van der Waals surface area contributed by atoms with Gasteiger partial charge in [0.2, 0.25) is 5.91 Å². The van der Waals surface area contributed by atoms with Gasteiger partial charge in [-0.1, -0.05) is 24.6 Å². The summed E-state index contributed by atoms with van der Waals surface area (Å²) in [7, 11) is 2.11. The van der Waals surface area contributed by atoms with Gasteiger partial charge in [0.25, 0.3) is 0 Å². The molecule has 1 atom stereocenters. The van der Waals surface area contributed by atoms with E-state index in [1.54, 1.807) is 0 Å². The summed E-state index contributed by atoms with van der Waals surface area (Å²) in [6.07, 6.45) is 1.14. The molecule has 0 bridgehead atoms. The molecule has 0 saturated carbocycles. The maximum atomic E-state index is 11.7. The molecule has 0 aliphatic heterocycles. The largest absolute Gasteiger partial charge is 0.325 e. The molecule has 0 radical (unpaired) electrons. The highest BCUT2D eigenvalue weighted by Gasteiger charge is 2.06. The van der Waals surface area contributed by atoms with Crippen LogP contribution in [0.15, 0.2) is 24.3 Å². The van der Waals surface area contributed by atoms with Gasteiger partial charge in [0.15, 0.2) is 0 Å². The van der Waals surface area contributed by atoms with Gasteiger partial charge in [0, 0.05) is 24.8 Å². The molecule has 1 rings (SSSR count). The van der Waals surface area contributed by atoms with E-state index < -0.39 is 0 Å². The average Bonchev–Trinajstić information content (AvgIpc) is 2.45.